The Hall–Kier alpha value is -1.39. The molecule has 4 nitrogen and oxygen atoms in total. The number of benzene rings is 1. The molecule has 2 N–H and O–H groups in total. The van der Waals surface area contributed by atoms with Gasteiger partial charge in [0.1, 0.15) is 6.04 Å². The van der Waals surface area contributed by atoms with Gasteiger partial charge in [0.05, 0.1) is 6.61 Å². The second-order valence-corrected chi connectivity index (χ2v) is 4.55. The molecule has 0 spiro atoms. The van der Waals surface area contributed by atoms with Gasteiger partial charge in [0, 0.05) is 6.04 Å². The number of hydrogen-bond donors (Lipinski definition) is 2. The molecular weight excluding hydrogens is 228 g/mol. The van der Waals surface area contributed by atoms with Crippen molar-refractivity contribution in [2.45, 2.75) is 38.3 Å². The van der Waals surface area contributed by atoms with Crippen LogP contribution in [0.25, 0.3) is 0 Å². The minimum Gasteiger partial charge on any atom is -0.465 e. The van der Waals surface area contributed by atoms with Crippen LogP contribution in [0.1, 0.15) is 25.3 Å². The normalized spacial score (nSPS) is 22.9. The second-order valence-electron chi connectivity index (χ2n) is 4.55. The first-order valence-corrected chi connectivity index (χ1v) is 6.51. The fourth-order valence-electron chi connectivity index (χ4n) is 2.19. The minimum absolute atomic E-state index is 0.160. The van der Waals surface area contributed by atoms with E-state index in [0.717, 1.165) is 19.3 Å². The fraction of sp³-hybridized carbons (Fsp3) is 0.500. The molecule has 1 fully saturated rings. The summed E-state index contributed by atoms with van der Waals surface area (Å²) in [6, 6.07) is 10.5. The van der Waals surface area contributed by atoms with Crippen LogP contribution in [0.2, 0.25) is 0 Å². The first kappa shape index (κ1) is 13.1. The summed E-state index contributed by atoms with van der Waals surface area (Å²) in [7, 11) is 0. The molecule has 18 heavy (non-hydrogen) atoms. The molecule has 0 radical (unpaired) electrons. The number of esters is 1. The van der Waals surface area contributed by atoms with Gasteiger partial charge in [-0.25, -0.2) is 5.43 Å². The van der Waals surface area contributed by atoms with E-state index in [-0.39, 0.29) is 12.0 Å². The second kappa shape index (κ2) is 6.52. The Bertz CT molecular complexity index is 381. The maximum Gasteiger partial charge on any atom is 0.324 e. The monoisotopic (exact) mass is 248 g/mol. The number of aryl methyl sites for hydroxylation is 1. The average molecular weight is 248 g/mol. The highest BCUT2D eigenvalue weighted by Gasteiger charge is 2.29. The molecule has 98 valence electrons. The zero-order chi connectivity index (χ0) is 12.8. The maximum absolute atomic E-state index is 11.5. The zero-order valence-corrected chi connectivity index (χ0v) is 10.7. The Morgan fingerprint density at radius 3 is 2.83 bits per heavy atom. The van der Waals surface area contributed by atoms with Crippen molar-refractivity contribution < 1.29 is 9.53 Å². The van der Waals surface area contributed by atoms with E-state index < -0.39 is 0 Å². The molecule has 0 aliphatic carbocycles. The van der Waals surface area contributed by atoms with Crippen molar-refractivity contribution in [2.24, 2.45) is 0 Å². The van der Waals surface area contributed by atoms with Gasteiger partial charge in [-0.1, -0.05) is 30.3 Å². The predicted molar refractivity (Wildman–Crippen MR) is 69.9 cm³/mol. The Morgan fingerprint density at radius 2 is 2.11 bits per heavy atom. The predicted octanol–water partition coefficient (Wildman–Crippen LogP) is 1.42. The molecule has 4 heteroatoms. The lowest BCUT2D eigenvalue weighted by atomic mass is 10.0. The van der Waals surface area contributed by atoms with E-state index >= 15 is 0 Å². The summed E-state index contributed by atoms with van der Waals surface area (Å²) in [4.78, 5) is 11.5. The van der Waals surface area contributed by atoms with Crippen molar-refractivity contribution in [1.82, 2.24) is 10.9 Å². The van der Waals surface area contributed by atoms with Crippen LogP contribution < -0.4 is 10.9 Å². The first-order chi connectivity index (χ1) is 8.79. The Morgan fingerprint density at radius 1 is 1.33 bits per heavy atom. The summed E-state index contributed by atoms with van der Waals surface area (Å²) in [5, 5.41) is 0. The lowest BCUT2D eigenvalue weighted by Gasteiger charge is -2.09. The number of rotatable bonds is 5. The van der Waals surface area contributed by atoms with Crippen molar-refractivity contribution in [2.75, 3.05) is 6.61 Å². The van der Waals surface area contributed by atoms with Crippen LogP contribution in [0.4, 0.5) is 0 Å². The van der Waals surface area contributed by atoms with E-state index in [9.17, 15) is 4.79 Å². The van der Waals surface area contributed by atoms with Crippen LogP contribution in [0.5, 0.6) is 0 Å². The van der Waals surface area contributed by atoms with Crippen molar-refractivity contribution >= 4 is 5.97 Å². The Labute approximate surface area is 108 Å². The van der Waals surface area contributed by atoms with Crippen LogP contribution in [0.3, 0.4) is 0 Å². The van der Waals surface area contributed by atoms with Gasteiger partial charge in [-0.3, -0.25) is 10.2 Å². The van der Waals surface area contributed by atoms with Crippen molar-refractivity contribution in [1.29, 1.82) is 0 Å². The van der Waals surface area contributed by atoms with Crippen LogP contribution in [-0.4, -0.2) is 24.7 Å². The molecule has 0 aromatic heterocycles. The van der Waals surface area contributed by atoms with Gasteiger partial charge < -0.3 is 4.74 Å². The first-order valence-electron chi connectivity index (χ1n) is 6.51. The molecule has 1 saturated heterocycles. The molecule has 2 unspecified atom stereocenters. The lowest BCUT2D eigenvalue weighted by Crippen LogP contribution is -2.38. The number of nitrogens with one attached hydrogen (secondary N) is 2. The van der Waals surface area contributed by atoms with Gasteiger partial charge in [-0.05, 0) is 31.7 Å². The van der Waals surface area contributed by atoms with Gasteiger partial charge in [-0.15, -0.1) is 0 Å². The highest BCUT2D eigenvalue weighted by molar-refractivity contribution is 5.76. The summed E-state index contributed by atoms with van der Waals surface area (Å²) in [5.74, 6) is -0.160. The van der Waals surface area contributed by atoms with Gasteiger partial charge in [0.2, 0.25) is 0 Å². The summed E-state index contributed by atoms with van der Waals surface area (Å²) in [6.07, 6.45) is 2.84. The molecule has 1 aliphatic rings. The van der Waals surface area contributed by atoms with E-state index in [4.69, 9.17) is 4.74 Å². The third-order valence-electron chi connectivity index (χ3n) is 3.18. The molecule has 0 bridgehead atoms. The Balaban J connectivity index is 1.74. The topological polar surface area (TPSA) is 50.4 Å². The van der Waals surface area contributed by atoms with Gasteiger partial charge >= 0.3 is 5.97 Å². The molecule has 1 heterocycles. The standard InChI is InChI=1S/C14H20N2O2/c1-2-18-14(17)13-10-12(15-16-13)9-8-11-6-4-3-5-7-11/h3-7,12-13,15-16H,2,8-10H2,1H3. The van der Waals surface area contributed by atoms with Crippen molar-refractivity contribution in [3.8, 4) is 0 Å². The summed E-state index contributed by atoms with van der Waals surface area (Å²) in [6.45, 7) is 2.26. The van der Waals surface area contributed by atoms with Crippen LogP contribution in [0, 0.1) is 0 Å². The van der Waals surface area contributed by atoms with Crippen molar-refractivity contribution in [3.63, 3.8) is 0 Å². The smallest absolute Gasteiger partial charge is 0.324 e. The molecule has 1 aromatic rings. The molecule has 2 rings (SSSR count). The fourth-order valence-corrected chi connectivity index (χ4v) is 2.19. The van der Waals surface area contributed by atoms with Crippen molar-refractivity contribution in [3.05, 3.63) is 35.9 Å². The van der Waals surface area contributed by atoms with Gasteiger partial charge in [0.15, 0.2) is 0 Å². The molecule has 0 saturated carbocycles. The highest BCUT2D eigenvalue weighted by Crippen LogP contribution is 2.13. The quantitative estimate of drug-likeness (QED) is 0.774. The van der Waals surface area contributed by atoms with E-state index in [1.807, 2.05) is 13.0 Å². The van der Waals surface area contributed by atoms with E-state index in [1.54, 1.807) is 0 Å². The third-order valence-corrected chi connectivity index (χ3v) is 3.18. The molecular formula is C14H20N2O2. The largest absolute Gasteiger partial charge is 0.465 e. The third kappa shape index (κ3) is 3.55. The molecule has 1 aliphatic heterocycles. The molecule has 2 atom stereocenters. The molecule has 0 amide bonds. The van der Waals surface area contributed by atoms with E-state index in [1.165, 1.54) is 5.56 Å². The summed E-state index contributed by atoms with van der Waals surface area (Å²) >= 11 is 0. The van der Waals surface area contributed by atoms with E-state index in [0.29, 0.717) is 12.6 Å². The van der Waals surface area contributed by atoms with Gasteiger partial charge in [0.25, 0.3) is 0 Å². The number of ether oxygens (including phenoxy) is 1. The summed E-state index contributed by atoms with van der Waals surface area (Å²) in [5.41, 5.74) is 7.50. The highest BCUT2D eigenvalue weighted by atomic mass is 16.5. The summed E-state index contributed by atoms with van der Waals surface area (Å²) < 4.78 is 5.00. The number of hydrazine groups is 1. The van der Waals surface area contributed by atoms with Crippen LogP contribution in [0.15, 0.2) is 30.3 Å². The maximum atomic E-state index is 11.5. The number of carbonyl (C=O) groups excluding carboxylic acids is 1. The van der Waals surface area contributed by atoms with Crippen LogP contribution in [-0.2, 0) is 16.0 Å². The minimum atomic E-state index is -0.203. The SMILES string of the molecule is CCOC(=O)C1CC(CCc2ccccc2)NN1. The molecule has 1 aromatic carbocycles. The van der Waals surface area contributed by atoms with Gasteiger partial charge in [-0.2, -0.15) is 0 Å². The number of hydrogen-bond acceptors (Lipinski definition) is 4. The zero-order valence-electron chi connectivity index (χ0n) is 10.7. The lowest BCUT2D eigenvalue weighted by molar-refractivity contribution is -0.145. The number of carbonyl (C=O) groups is 1. The Kier molecular flexibility index (Phi) is 4.73. The average Bonchev–Trinajstić information content (AvgIpc) is 2.87. The van der Waals surface area contributed by atoms with E-state index in [2.05, 4.69) is 35.1 Å². The van der Waals surface area contributed by atoms with Crippen LogP contribution >= 0.6 is 0 Å².